The summed E-state index contributed by atoms with van der Waals surface area (Å²) in [6, 6.07) is 0.817. The van der Waals surface area contributed by atoms with Gasteiger partial charge in [0.2, 0.25) is 0 Å². The van der Waals surface area contributed by atoms with Crippen molar-refractivity contribution in [1.82, 2.24) is 10.6 Å². The molecule has 14 heavy (non-hydrogen) atoms. The van der Waals surface area contributed by atoms with Crippen LogP contribution in [0.3, 0.4) is 0 Å². The van der Waals surface area contributed by atoms with Crippen molar-refractivity contribution in [2.75, 3.05) is 40.5 Å². The van der Waals surface area contributed by atoms with Gasteiger partial charge in [0.15, 0.2) is 0 Å². The van der Waals surface area contributed by atoms with Gasteiger partial charge in [-0.2, -0.15) is 0 Å². The minimum atomic E-state index is 0.409. The summed E-state index contributed by atoms with van der Waals surface area (Å²) in [4.78, 5) is 0. The summed E-state index contributed by atoms with van der Waals surface area (Å²) in [5.74, 6) is 0. The Hall–Kier alpha value is -0.160. The molecule has 0 heterocycles. The summed E-state index contributed by atoms with van der Waals surface area (Å²) < 4.78 is 10.8. The molecule has 0 aliphatic carbocycles. The fraction of sp³-hybridized carbons (Fsp3) is 1.00. The van der Waals surface area contributed by atoms with E-state index in [1.807, 2.05) is 14.1 Å². The smallest absolute Gasteiger partial charge is 0.0701 e. The van der Waals surface area contributed by atoms with Crippen LogP contribution in [0.2, 0.25) is 0 Å². The van der Waals surface area contributed by atoms with Crippen molar-refractivity contribution in [2.24, 2.45) is 0 Å². The van der Waals surface area contributed by atoms with E-state index in [9.17, 15) is 0 Å². The molecule has 0 aromatic heterocycles. The van der Waals surface area contributed by atoms with Crippen molar-refractivity contribution in [3.63, 3.8) is 0 Å². The van der Waals surface area contributed by atoms with Crippen molar-refractivity contribution in [3.05, 3.63) is 0 Å². The van der Waals surface area contributed by atoms with Crippen molar-refractivity contribution < 1.29 is 9.47 Å². The third-order valence-corrected chi connectivity index (χ3v) is 2.09. The first-order valence-electron chi connectivity index (χ1n) is 5.20. The lowest BCUT2D eigenvalue weighted by Gasteiger charge is -2.12. The number of hydrogen-bond donors (Lipinski definition) is 2. The Labute approximate surface area is 87.4 Å². The predicted molar refractivity (Wildman–Crippen MR) is 58.7 cm³/mol. The van der Waals surface area contributed by atoms with Crippen LogP contribution >= 0.6 is 0 Å². The van der Waals surface area contributed by atoms with Crippen molar-refractivity contribution in [2.45, 2.75) is 25.9 Å². The van der Waals surface area contributed by atoms with Crippen LogP contribution in [0.1, 0.15) is 13.8 Å². The molecule has 0 bridgehead atoms. The standard InChI is InChI=1S/C10H24N2O2/c1-9(11-3)7-13-5-6-14-8-10(2)12-4/h9-12H,5-8H2,1-4H3. The maximum atomic E-state index is 5.39. The van der Waals surface area contributed by atoms with Crippen molar-refractivity contribution in [1.29, 1.82) is 0 Å². The summed E-state index contributed by atoms with van der Waals surface area (Å²) in [7, 11) is 3.86. The zero-order chi connectivity index (χ0) is 10.8. The van der Waals surface area contributed by atoms with E-state index in [-0.39, 0.29) is 0 Å². The monoisotopic (exact) mass is 204 g/mol. The number of nitrogens with one attached hydrogen (secondary N) is 2. The fourth-order valence-electron chi connectivity index (χ4n) is 0.805. The van der Waals surface area contributed by atoms with Gasteiger partial charge < -0.3 is 20.1 Å². The lowest BCUT2D eigenvalue weighted by molar-refractivity contribution is 0.0359. The third-order valence-electron chi connectivity index (χ3n) is 2.09. The molecule has 4 heteroatoms. The van der Waals surface area contributed by atoms with Crippen molar-refractivity contribution in [3.8, 4) is 0 Å². The summed E-state index contributed by atoms with van der Waals surface area (Å²) in [5.41, 5.74) is 0. The highest BCUT2D eigenvalue weighted by Crippen LogP contribution is 1.86. The van der Waals surface area contributed by atoms with Gasteiger partial charge in [-0.3, -0.25) is 0 Å². The second-order valence-electron chi connectivity index (χ2n) is 3.53. The van der Waals surface area contributed by atoms with Crippen LogP contribution in [0.15, 0.2) is 0 Å². The van der Waals surface area contributed by atoms with Gasteiger partial charge in [0.1, 0.15) is 0 Å². The molecule has 0 amide bonds. The zero-order valence-corrected chi connectivity index (χ0v) is 9.80. The highest BCUT2D eigenvalue weighted by molar-refractivity contribution is 4.54. The summed E-state index contributed by atoms with van der Waals surface area (Å²) in [5, 5.41) is 6.21. The maximum Gasteiger partial charge on any atom is 0.0701 e. The van der Waals surface area contributed by atoms with Gasteiger partial charge in [-0.05, 0) is 27.9 Å². The molecule has 2 atom stereocenters. The number of hydrogen-bond acceptors (Lipinski definition) is 4. The third kappa shape index (κ3) is 8.44. The largest absolute Gasteiger partial charge is 0.377 e. The lowest BCUT2D eigenvalue weighted by atomic mass is 10.4. The highest BCUT2D eigenvalue weighted by atomic mass is 16.5. The Morgan fingerprint density at radius 3 is 1.50 bits per heavy atom. The van der Waals surface area contributed by atoms with Crippen LogP contribution in [0, 0.1) is 0 Å². The van der Waals surface area contributed by atoms with Crippen molar-refractivity contribution >= 4 is 0 Å². The summed E-state index contributed by atoms with van der Waals surface area (Å²) >= 11 is 0. The molecule has 0 spiro atoms. The summed E-state index contributed by atoms with van der Waals surface area (Å²) in [6.07, 6.45) is 0. The average Bonchev–Trinajstić information content (AvgIpc) is 2.22. The number of likely N-dealkylation sites (N-methyl/N-ethyl adjacent to an activating group) is 2. The van der Waals surface area contributed by atoms with Crippen LogP contribution in [-0.4, -0.2) is 52.6 Å². The van der Waals surface area contributed by atoms with Gasteiger partial charge in [0.05, 0.1) is 26.4 Å². The molecule has 0 radical (unpaired) electrons. The molecule has 0 saturated carbocycles. The van der Waals surface area contributed by atoms with E-state index in [0.717, 1.165) is 13.2 Å². The van der Waals surface area contributed by atoms with Crippen LogP contribution in [-0.2, 0) is 9.47 Å². The molecule has 0 aromatic rings. The zero-order valence-electron chi connectivity index (χ0n) is 9.80. The molecular weight excluding hydrogens is 180 g/mol. The Morgan fingerprint density at radius 1 is 0.857 bits per heavy atom. The molecular formula is C10H24N2O2. The minimum absolute atomic E-state index is 0.409. The van der Waals surface area contributed by atoms with Gasteiger partial charge in [0.25, 0.3) is 0 Å². The Kier molecular flexibility index (Phi) is 9.29. The van der Waals surface area contributed by atoms with E-state index in [2.05, 4.69) is 24.5 Å². The summed E-state index contributed by atoms with van der Waals surface area (Å²) in [6.45, 7) is 6.99. The molecule has 0 fully saturated rings. The van der Waals surface area contributed by atoms with E-state index in [0.29, 0.717) is 25.3 Å². The molecule has 0 rings (SSSR count). The lowest BCUT2D eigenvalue weighted by Crippen LogP contribution is -2.29. The van der Waals surface area contributed by atoms with E-state index < -0.39 is 0 Å². The van der Waals surface area contributed by atoms with Crippen LogP contribution in [0.4, 0.5) is 0 Å². The Balaban J connectivity index is 3.06. The molecule has 0 saturated heterocycles. The van der Waals surface area contributed by atoms with Crippen LogP contribution in [0.25, 0.3) is 0 Å². The SMILES string of the molecule is CNC(C)COCCOCC(C)NC. The molecule has 0 aliphatic rings. The second-order valence-corrected chi connectivity index (χ2v) is 3.53. The molecule has 2 unspecified atom stereocenters. The van der Waals surface area contributed by atoms with Gasteiger partial charge in [0, 0.05) is 12.1 Å². The van der Waals surface area contributed by atoms with Gasteiger partial charge >= 0.3 is 0 Å². The quantitative estimate of drug-likeness (QED) is 0.528. The van der Waals surface area contributed by atoms with Gasteiger partial charge in [-0.15, -0.1) is 0 Å². The van der Waals surface area contributed by atoms with Gasteiger partial charge in [-0.25, -0.2) is 0 Å². The second kappa shape index (κ2) is 9.40. The topological polar surface area (TPSA) is 42.5 Å². The van der Waals surface area contributed by atoms with E-state index in [1.54, 1.807) is 0 Å². The van der Waals surface area contributed by atoms with E-state index in [4.69, 9.17) is 9.47 Å². The Bertz CT molecular complexity index is 109. The number of rotatable bonds is 9. The van der Waals surface area contributed by atoms with E-state index >= 15 is 0 Å². The molecule has 0 aliphatic heterocycles. The fourth-order valence-corrected chi connectivity index (χ4v) is 0.805. The molecule has 4 nitrogen and oxygen atoms in total. The first-order chi connectivity index (χ1) is 6.70. The molecule has 2 N–H and O–H groups in total. The normalized spacial score (nSPS) is 15.4. The van der Waals surface area contributed by atoms with E-state index in [1.165, 1.54) is 0 Å². The minimum Gasteiger partial charge on any atom is -0.377 e. The van der Waals surface area contributed by atoms with Crippen LogP contribution < -0.4 is 10.6 Å². The Morgan fingerprint density at radius 2 is 1.21 bits per heavy atom. The first-order valence-corrected chi connectivity index (χ1v) is 5.20. The first kappa shape index (κ1) is 13.8. The highest BCUT2D eigenvalue weighted by Gasteiger charge is 1.99. The van der Waals surface area contributed by atoms with Gasteiger partial charge in [-0.1, -0.05) is 0 Å². The van der Waals surface area contributed by atoms with Crippen LogP contribution in [0.5, 0.6) is 0 Å². The number of ether oxygens (including phenoxy) is 2. The predicted octanol–water partition coefficient (Wildman–Crippen LogP) is 0.235. The average molecular weight is 204 g/mol. The molecule has 86 valence electrons. The maximum absolute atomic E-state index is 5.39. The molecule has 0 aromatic carbocycles.